The van der Waals surface area contributed by atoms with E-state index in [1.807, 2.05) is 30.3 Å². The Morgan fingerprint density at radius 1 is 1.21 bits per heavy atom. The van der Waals surface area contributed by atoms with Crippen molar-refractivity contribution in [1.29, 1.82) is 0 Å². The topological polar surface area (TPSA) is 62.2 Å². The highest BCUT2D eigenvalue weighted by atomic mass is 16.5. The van der Waals surface area contributed by atoms with Crippen LogP contribution < -0.4 is 4.74 Å². The molecular formula is C18H26N2O4. The lowest BCUT2D eigenvalue weighted by Gasteiger charge is -2.33. The zero-order chi connectivity index (χ0) is 16.8. The minimum Gasteiger partial charge on any atom is -0.494 e. The lowest BCUT2D eigenvalue weighted by molar-refractivity contribution is -0.130. The first-order chi connectivity index (χ1) is 11.7. The van der Waals surface area contributed by atoms with Crippen LogP contribution in [0.2, 0.25) is 0 Å². The number of para-hydroxylation sites is 1. The van der Waals surface area contributed by atoms with Crippen molar-refractivity contribution < 1.29 is 19.4 Å². The van der Waals surface area contributed by atoms with Crippen molar-refractivity contribution >= 4 is 5.91 Å². The van der Waals surface area contributed by atoms with Crippen LogP contribution in [-0.4, -0.2) is 79.0 Å². The van der Waals surface area contributed by atoms with E-state index in [1.54, 1.807) is 4.90 Å². The van der Waals surface area contributed by atoms with Gasteiger partial charge in [-0.25, -0.2) is 0 Å². The van der Waals surface area contributed by atoms with Crippen molar-refractivity contribution in [3.8, 4) is 5.75 Å². The summed E-state index contributed by atoms with van der Waals surface area (Å²) >= 11 is 0. The zero-order valence-corrected chi connectivity index (χ0v) is 14.0. The molecule has 3 rings (SSSR count). The van der Waals surface area contributed by atoms with Gasteiger partial charge in [0, 0.05) is 32.6 Å². The highest BCUT2D eigenvalue weighted by Gasteiger charge is 2.37. The molecule has 0 bridgehead atoms. The molecule has 2 atom stereocenters. The second kappa shape index (κ2) is 8.46. The van der Waals surface area contributed by atoms with Gasteiger partial charge in [-0.1, -0.05) is 18.2 Å². The van der Waals surface area contributed by atoms with Crippen molar-refractivity contribution in [2.24, 2.45) is 0 Å². The molecule has 0 aliphatic carbocycles. The van der Waals surface area contributed by atoms with Gasteiger partial charge in [-0.05, 0) is 18.6 Å². The fourth-order valence-electron chi connectivity index (χ4n) is 3.33. The Hall–Kier alpha value is -1.63. The largest absolute Gasteiger partial charge is 0.494 e. The maximum Gasteiger partial charge on any atom is 0.222 e. The minimum atomic E-state index is -0.465. The number of benzene rings is 1. The third kappa shape index (κ3) is 4.47. The Morgan fingerprint density at radius 2 is 1.96 bits per heavy atom. The van der Waals surface area contributed by atoms with Crippen LogP contribution in [-0.2, 0) is 9.53 Å². The summed E-state index contributed by atoms with van der Waals surface area (Å²) < 4.78 is 11.0. The van der Waals surface area contributed by atoms with Crippen LogP contribution in [0.1, 0.15) is 12.8 Å². The molecule has 0 aromatic heterocycles. The molecule has 1 aromatic carbocycles. The van der Waals surface area contributed by atoms with E-state index in [0.717, 1.165) is 18.8 Å². The molecule has 1 amide bonds. The number of morpholine rings is 1. The lowest BCUT2D eigenvalue weighted by atomic mass is 10.1. The van der Waals surface area contributed by atoms with E-state index >= 15 is 0 Å². The van der Waals surface area contributed by atoms with Crippen LogP contribution in [0.3, 0.4) is 0 Å². The van der Waals surface area contributed by atoms with Crippen LogP contribution in [0.25, 0.3) is 0 Å². The number of ether oxygens (including phenoxy) is 2. The number of carbonyl (C=O) groups excluding carboxylic acids is 1. The quantitative estimate of drug-likeness (QED) is 0.778. The number of hydrogen-bond acceptors (Lipinski definition) is 5. The molecule has 2 saturated heterocycles. The van der Waals surface area contributed by atoms with E-state index in [-0.39, 0.29) is 11.9 Å². The number of hydrogen-bond donors (Lipinski definition) is 1. The molecule has 2 unspecified atom stereocenters. The first kappa shape index (κ1) is 17.2. The summed E-state index contributed by atoms with van der Waals surface area (Å²) in [5.41, 5.74) is 0. The molecular weight excluding hydrogens is 308 g/mol. The number of nitrogens with zero attached hydrogens (tertiary/aromatic N) is 2. The average molecular weight is 334 g/mol. The smallest absolute Gasteiger partial charge is 0.222 e. The number of aliphatic hydroxyl groups excluding tert-OH is 1. The van der Waals surface area contributed by atoms with Gasteiger partial charge in [0.15, 0.2) is 0 Å². The molecule has 0 spiro atoms. The number of rotatable bonds is 6. The molecule has 6 nitrogen and oxygen atoms in total. The summed E-state index contributed by atoms with van der Waals surface area (Å²) in [5, 5.41) is 10.3. The van der Waals surface area contributed by atoms with E-state index in [4.69, 9.17) is 9.47 Å². The van der Waals surface area contributed by atoms with E-state index in [2.05, 4.69) is 4.90 Å². The van der Waals surface area contributed by atoms with Gasteiger partial charge in [-0.2, -0.15) is 0 Å². The molecule has 2 aliphatic heterocycles. The predicted octanol–water partition coefficient (Wildman–Crippen LogP) is 0.750. The molecule has 24 heavy (non-hydrogen) atoms. The van der Waals surface area contributed by atoms with Crippen molar-refractivity contribution in [2.75, 3.05) is 46.0 Å². The van der Waals surface area contributed by atoms with Crippen LogP contribution in [0.5, 0.6) is 5.75 Å². The molecule has 132 valence electrons. The van der Waals surface area contributed by atoms with Crippen molar-refractivity contribution in [3.63, 3.8) is 0 Å². The van der Waals surface area contributed by atoms with Crippen LogP contribution >= 0.6 is 0 Å². The molecule has 6 heteroatoms. The SMILES string of the molecule is O=C(CCCOc1ccccc1)N1CC(O)C(N2CCOCC2)C1. The lowest BCUT2D eigenvalue weighted by Crippen LogP contribution is -2.49. The molecule has 1 aromatic rings. The van der Waals surface area contributed by atoms with E-state index in [1.165, 1.54) is 0 Å². The number of likely N-dealkylation sites (tertiary alicyclic amines) is 1. The maximum atomic E-state index is 12.3. The van der Waals surface area contributed by atoms with Gasteiger partial charge < -0.3 is 19.5 Å². The first-order valence-corrected chi connectivity index (χ1v) is 8.69. The number of β-amino-alcohol motifs (C(OH)–C–C–N with tert-alkyl or cyclic N) is 1. The summed E-state index contributed by atoms with van der Waals surface area (Å²) in [4.78, 5) is 16.4. The minimum absolute atomic E-state index is 0.0402. The van der Waals surface area contributed by atoms with Gasteiger partial charge >= 0.3 is 0 Å². The van der Waals surface area contributed by atoms with Gasteiger partial charge in [-0.15, -0.1) is 0 Å². The Kier molecular flexibility index (Phi) is 6.07. The molecule has 0 saturated carbocycles. The highest BCUT2D eigenvalue weighted by molar-refractivity contribution is 5.76. The Balaban J connectivity index is 1.39. The predicted molar refractivity (Wildman–Crippen MR) is 89.9 cm³/mol. The third-order valence-corrected chi connectivity index (χ3v) is 4.67. The number of carbonyl (C=O) groups is 1. The standard InChI is InChI=1S/C18H26N2O4/c21-17-14-20(13-16(17)19-8-11-23-12-9-19)18(22)7-4-10-24-15-5-2-1-3-6-15/h1-3,5-6,16-17,21H,4,7-14H2. The van der Waals surface area contributed by atoms with Gasteiger partial charge in [0.1, 0.15) is 5.75 Å². The highest BCUT2D eigenvalue weighted by Crippen LogP contribution is 2.19. The fourth-order valence-corrected chi connectivity index (χ4v) is 3.33. The van der Waals surface area contributed by atoms with Crippen LogP contribution in [0, 0.1) is 0 Å². The molecule has 2 fully saturated rings. The zero-order valence-electron chi connectivity index (χ0n) is 14.0. The van der Waals surface area contributed by atoms with Crippen LogP contribution in [0.4, 0.5) is 0 Å². The maximum absolute atomic E-state index is 12.3. The third-order valence-electron chi connectivity index (χ3n) is 4.67. The summed E-state index contributed by atoms with van der Waals surface area (Å²) in [6.45, 7) is 4.63. The Morgan fingerprint density at radius 3 is 2.71 bits per heavy atom. The molecule has 2 aliphatic rings. The molecule has 1 N–H and O–H groups in total. The van der Waals surface area contributed by atoms with Crippen molar-refractivity contribution in [2.45, 2.75) is 25.0 Å². The summed E-state index contributed by atoms with van der Waals surface area (Å²) in [7, 11) is 0. The normalized spacial score (nSPS) is 25.0. The monoisotopic (exact) mass is 334 g/mol. The van der Waals surface area contributed by atoms with Gasteiger partial charge in [0.25, 0.3) is 0 Å². The number of aliphatic hydroxyl groups is 1. The van der Waals surface area contributed by atoms with Crippen molar-refractivity contribution in [1.82, 2.24) is 9.80 Å². The summed E-state index contributed by atoms with van der Waals surface area (Å²) in [6, 6.07) is 9.66. The summed E-state index contributed by atoms with van der Waals surface area (Å²) in [5.74, 6) is 0.926. The van der Waals surface area contributed by atoms with Crippen molar-refractivity contribution in [3.05, 3.63) is 30.3 Å². The number of amides is 1. The van der Waals surface area contributed by atoms with Crippen LogP contribution in [0.15, 0.2) is 30.3 Å². The van der Waals surface area contributed by atoms with Gasteiger partial charge in [0.2, 0.25) is 5.91 Å². The Labute approximate surface area is 143 Å². The van der Waals surface area contributed by atoms with Gasteiger partial charge in [0.05, 0.1) is 32.0 Å². The van der Waals surface area contributed by atoms with E-state index in [0.29, 0.717) is 45.8 Å². The van der Waals surface area contributed by atoms with E-state index in [9.17, 15) is 9.90 Å². The second-order valence-electron chi connectivity index (χ2n) is 6.35. The summed E-state index contributed by atoms with van der Waals surface area (Å²) in [6.07, 6.45) is 0.672. The Bertz CT molecular complexity index is 519. The molecule has 2 heterocycles. The fraction of sp³-hybridized carbons (Fsp3) is 0.611. The van der Waals surface area contributed by atoms with E-state index < -0.39 is 6.10 Å². The molecule has 0 radical (unpaired) electrons. The first-order valence-electron chi connectivity index (χ1n) is 8.69. The van der Waals surface area contributed by atoms with Gasteiger partial charge in [-0.3, -0.25) is 9.69 Å². The average Bonchev–Trinajstić information content (AvgIpc) is 3.02. The second-order valence-corrected chi connectivity index (χ2v) is 6.35.